The fraction of sp³-hybridized carbons (Fsp3) is 0.211. The van der Waals surface area contributed by atoms with Gasteiger partial charge in [-0.3, -0.25) is 14.9 Å². The van der Waals surface area contributed by atoms with E-state index in [-0.39, 0.29) is 17.6 Å². The van der Waals surface area contributed by atoms with Crippen molar-refractivity contribution in [2.24, 2.45) is 0 Å². The molecule has 5 nitrogen and oxygen atoms in total. The second kappa shape index (κ2) is 6.66. The Hall–Kier alpha value is -2.95. The molecular formula is C19H18N2O3. The van der Waals surface area contributed by atoms with Crippen LogP contribution in [0.15, 0.2) is 54.6 Å². The Morgan fingerprint density at radius 2 is 1.92 bits per heavy atom. The minimum atomic E-state index is -0.443. The van der Waals surface area contributed by atoms with Gasteiger partial charge in [-0.25, -0.2) is 0 Å². The molecule has 2 aromatic rings. The fourth-order valence-electron chi connectivity index (χ4n) is 3.16. The number of nitro benzene ring substituents is 1. The summed E-state index contributed by atoms with van der Waals surface area (Å²) in [5, 5.41) is 11.0. The number of carbonyl (C=O) groups is 1. The number of nitrogens with zero attached hydrogens (tertiary/aromatic N) is 2. The molecule has 0 aliphatic heterocycles. The van der Waals surface area contributed by atoms with Crippen molar-refractivity contribution in [2.45, 2.75) is 18.9 Å². The van der Waals surface area contributed by atoms with Crippen LogP contribution in [0.3, 0.4) is 0 Å². The summed E-state index contributed by atoms with van der Waals surface area (Å²) in [6, 6.07) is 14.6. The molecule has 2 aromatic carbocycles. The van der Waals surface area contributed by atoms with E-state index < -0.39 is 4.92 Å². The predicted molar refractivity (Wildman–Crippen MR) is 92.4 cm³/mol. The molecule has 1 aliphatic carbocycles. The molecule has 0 saturated heterocycles. The highest BCUT2D eigenvalue weighted by Gasteiger charge is 2.27. The predicted octanol–water partition coefficient (Wildman–Crippen LogP) is 3.75. The van der Waals surface area contributed by atoms with Crippen LogP contribution in [0.2, 0.25) is 0 Å². The van der Waals surface area contributed by atoms with Crippen LogP contribution in [0, 0.1) is 10.1 Å². The van der Waals surface area contributed by atoms with Gasteiger partial charge in [0, 0.05) is 19.2 Å². The van der Waals surface area contributed by atoms with E-state index in [2.05, 4.69) is 12.1 Å². The normalized spacial score (nSPS) is 16.1. The second-order valence-corrected chi connectivity index (χ2v) is 5.85. The average molecular weight is 322 g/mol. The number of hydrogen-bond acceptors (Lipinski definition) is 3. The van der Waals surface area contributed by atoms with E-state index in [4.69, 9.17) is 0 Å². The van der Waals surface area contributed by atoms with Gasteiger partial charge in [-0.1, -0.05) is 36.4 Å². The van der Waals surface area contributed by atoms with Gasteiger partial charge in [-0.15, -0.1) is 0 Å². The van der Waals surface area contributed by atoms with Crippen LogP contribution < -0.4 is 0 Å². The van der Waals surface area contributed by atoms with Crippen molar-refractivity contribution in [2.75, 3.05) is 7.05 Å². The Labute approximate surface area is 140 Å². The van der Waals surface area contributed by atoms with Crippen LogP contribution in [0.25, 0.3) is 6.08 Å². The maximum atomic E-state index is 12.5. The summed E-state index contributed by atoms with van der Waals surface area (Å²) in [6.45, 7) is 0. The van der Waals surface area contributed by atoms with E-state index in [0.717, 1.165) is 12.8 Å². The molecule has 0 N–H and O–H groups in total. The van der Waals surface area contributed by atoms with Crippen molar-refractivity contribution in [3.8, 4) is 0 Å². The van der Waals surface area contributed by atoms with Crippen LogP contribution in [0.4, 0.5) is 5.69 Å². The topological polar surface area (TPSA) is 63.5 Å². The highest BCUT2D eigenvalue weighted by molar-refractivity contribution is 5.92. The monoisotopic (exact) mass is 322 g/mol. The molecule has 122 valence electrons. The van der Waals surface area contributed by atoms with Gasteiger partial charge >= 0.3 is 0 Å². The Morgan fingerprint density at radius 1 is 1.21 bits per heavy atom. The first-order chi connectivity index (χ1) is 11.6. The van der Waals surface area contributed by atoms with Crippen molar-refractivity contribution in [1.29, 1.82) is 0 Å². The van der Waals surface area contributed by atoms with E-state index in [9.17, 15) is 14.9 Å². The smallest absolute Gasteiger partial charge is 0.276 e. The lowest BCUT2D eigenvalue weighted by Gasteiger charge is -2.24. The maximum Gasteiger partial charge on any atom is 0.276 e. The third-order valence-corrected chi connectivity index (χ3v) is 4.46. The lowest BCUT2D eigenvalue weighted by atomic mass is 10.1. The number of amides is 1. The SMILES string of the molecule is CN(C(=O)/C=C/c1ccccc1[N+](=O)[O-])C1CCc2ccccc21. The fourth-order valence-corrected chi connectivity index (χ4v) is 3.16. The Balaban J connectivity index is 1.77. The number of benzene rings is 2. The van der Waals surface area contributed by atoms with Gasteiger partial charge in [0.25, 0.3) is 5.69 Å². The lowest BCUT2D eigenvalue weighted by Crippen LogP contribution is -2.28. The van der Waals surface area contributed by atoms with E-state index in [1.54, 1.807) is 30.1 Å². The van der Waals surface area contributed by atoms with Crippen molar-refractivity contribution in [1.82, 2.24) is 4.90 Å². The number of carbonyl (C=O) groups excluding carboxylic acids is 1. The van der Waals surface area contributed by atoms with Gasteiger partial charge in [0.2, 0.25) is 5.91 Å². The first-order valence-electron chi connectivity index (χ1n) is 7.84. The van der Waals surface area contributed by atoms with Crippen LogP contribution >= 0.6 is 0 Å². The van der Waals surface area contributed by atoms with Crippen LogP contribution in [0.5, 0.6) is 0 Å². The zero-order chi connectivity index (χ0) is 17.1. The largest absolute Gasteiger partial charge is 0.335 e. The molecule has 5 heteroatoms. The second-order valence-electron chi connectivity index (χ2n) is 5.85. The van der Waals surface area contributed by atoms with Gasteiger partial charge in [0.15, 0.2) is 0 Å². The van der Waals surface area contributed by atoms with E-state index >= 15 is 0 Å². The van der Waals surface area contributed by atoms with Crippen molar-refractivity contribution in [3.05, 3.63) is 81.4 Å². The van der Waals surface area contributed by atoms with Crippen LogP contribution in [0.1, 0.15) is 29.2 Å². The first-order valence-corrected chi connectivity index (χ1v) is 7.84. The molecule has 0 heterocycles. The quantitative estimate of drug-likeness (QED) is 0.489. The Bertz CT molecular complexity index is 814. The number of fused-ring (bicyclic) bond motifs is 1. The summed E-state index contributed by atoms with van der Waals surface area (Å²) in [7, 11) is 1.78. The molecule has 1 atom stereocenters. The maximum absolute atomic E-state index is 12.5. The van der Waals surface area contributed by atoms with Gasteiger partial charge in [0.1, 0.15) is 0 Å². The summed E-state index contributed by atoms with van der Waals surface area (Å²) in [5.74, 6) is -0.158. The summed E-state index contributed by atoms with van der Waals surface area (Å²) in [6.07, 6.45) is 4.79. The molecule has 0 aromatic heterocycles. The molecular weight excluding hydrogens is 304 g/mol. The molecule has 1 unspecified atom stereocenters. The first kappa shape index (κ1) is 15.9. The Morgan fingerprint density at radius 3 is 2.71 bits per heavy atom. The molecule has 1 aliphatic rings. The van der Waals surface area contributed by atoms with Gasteiger partial charge in [-0.2, -0.15) is 0 Å². The zero-order valence-electron chi connectivity index (χ0n) is 13.4. The lowest BCUT2D eigenvalue weighted by molar-refractivity contribution is -0.385. The van der Waals surface area contributed by atoms with Gasteiger partial charge in [-0.05, 0) is 36.1 Å². The number of hydrogen-bond donors (Lipinski definition) is 0. The number of rotatable bonds is 4. The van der Waals surface area contributed by atoms with Crippen LogP contribution in [-0.4, -0.2) is 22.8 Å². The molecule has 0 spiro atoms. The third-order valence-electron chi connectivity index (χ3n) is 4.46. The summed E-state index contributed by atoms with van der Waals surface area (Å²) in [5.41, 5.74) is 2.89. The molecule has 24 heavy (non-hydrogen) atoms. The summed E-state index contributed by atoms with van der Waals surface area (Å²) in [4.78, 5) is 24.7. The molecule has 0 fully saturated rings. The van der Waals surface area contributed by atoms with Gasteiger partial charge in [0.05, 0.1) is 16.5 Å². The number of aryl methyl sites for hydroxylation is 1. The van der Waals surface area contributed by atoms with E-state index in [1.165, 1.54) is 29.3 Å². The minimum Gasteiger partial charge on any atom is -0.335 e. The molecule has 3 rings (SSSR count). The minimum absolute atomic E-state index is 0.00425. The highest BCUT2D eigenvalue weighted by atomic mass is 16.6. The average Bonchev–Trinajstić information content (AvgIpc) is 3.03. The number of para-hydroxylation sites is 1. The van der Waals surface area contributed by atoms with Gasteiger partial charge < -0.3 is 4.90 Å². The van der Waals surface area contributed by atoms with Crippen molar-refractivity contribution < 1.29 is 9.72 Å². The molecule has 0 radical (unpaired) electrons. The standard InChI is InChI=1S/C19H18N2O3/c1-20(18-12-10-14-6-2-4-8-16(14)18)19(22)13-11-15-7-3-5-9-17(15)21(23)24/h2-9,11,13,18H,10,12H2,1H3/b13-11+. The van der Waals surface area contributed by atoms with E-state index in [0.29, 0.717) is 5.56 Å². The number of nitro groups is 1. The summed E-state index contributed by atoms with van der Waals surface area (Å²) < 4.78 is 0. The molecule has 1 amide bonds. The molecule has 0 bridgehead atoms. The third kappa shape index (κ3) is 3.06. The molecule has 0 saturated carbocycles. The zero-order valence-corrected chi connectivity index (χ0v) is 13.4. The Kier molecular flexibility index (Phi) is 4.42. The number of likely N-dealkylation sites (N-methyl/N-ethyl adjacent to an activating group) is 1. The van der Waals surface area contributed by atoms with E-state index in [1.807, 2.05) is 12.1 Å². The highest BCUT2D eigenvalue weighted by Crippen LogP contribution is 2.34. The van der Waals surface area contributed by atoms with Crippen molar-refractivity contribution in [3.63, 3.8) is 0 Å². The summed E-state index contributed by atoms with van der Waals surface area (Å²) >= 11 is 0. The van der Waals surface area contributed by atoms with Crippen molar-refractivity contribution >= 4 is 17.7 Å². The van der Waals surface area contributed by atoms with Crippen LogP contribution in [-0.2, 0) is 11.2 Å².